The maximum absolute atomic E-state index is 13.1. The summed E-state index contributed by atoms with van der Waals surface area (Å²) in [7, 11) is 1.71. The van der Waals surface area contributed by atoms with Crippen LogP contribution in [0.1, 0.15) is 17.2 Å². The molecule has 5 heteroatoms. The van der Waals surface area contributed by atoms with Gasteiger partial charge in [-0.1, -0.05) is 48.0 Å². The molecule has 0 aromatic heterocycles. The molecular weight excluding hydrogens is 314 g/mol. The normalized spacial score (nSPS) is 20.0. The molecule has 0 saturated heterocycles. The predicted octanol–water partition coefficient (Wildman–Crippen LogP) is 2.99. The van der Waals surface area contributed by atoms with E-state index in [1.165, 1.54) is 0 Å². The number of benzene rings is 2. The van der Waals surface area contributed by atoms with Gasteiger partial charge in [-0.3, -0.25) is 9.69 Å². The Kier molecular flexibility index (Phi) is 3.57. The van der Waals surface area contributed by atoms with Crippen LogP contribution in [0, 0.1) is 6.92 Å². The van der Waals surface area contributed by atoms with Gasteiger partial charge in [0, 0.05) is 12.7 Å². The third-order valence-electron chi connectivity index (χ3n) is 4.84. The van der Waals surface area contributed by atoms with Crippen LogP contribution < -0.4 is 10.2 Å². The maximum atomic E-state index is 13.1. The monoisotopic (exact) mass is 333 g/mol. The van der Waals surface area contributed by atoms with E-state index in [1.54, 1.807) is 16.8 Å². The minimum Gasteiger partial charge on any atom is -0.327 e. The third kappa shape index (κ3) is 2.48. The number of nitrogens with zero attached hydrogens (tertiary/aromatic N) is 2. The van der Waals surface area contributed by atoms with Crippen molar-refractivity contribution < 1.29 is 9.59 Å². The van der Waals surface area contributed by atoms with Crippen molar-refractivity contribution in [1.82, 2.24) is 10.2 Å². The van der Waals surface area contributed by atoms with E-state index in [9.17, 15) is 9.59 Å². The van der Waals surface area contributed by atoms with Gasteiger partial charge in [0.2, 0.25) is 0 Å². The Morgan fingerprint density at radius 2 is 1.68 bits per heavy atom. The van der Waals surface area contributed by atoms with Crippen LogP contribution in [-0.4, -0.2) is 30.4 Å². The standard InChI is InChI=1S/C20H19N3O2/c1-13-8-10-14(11-9-13)18-17-16(22(2)20(25)21-18)12-23(19(17)24)15-6-4-3-5-7-15/h3-11,18H,12H2,1-2H3,(H,21,25)/t18-/m0/s1. The smallest absolute Gasteiger partial charge is 0.322 e. The summed E-state index contributed by atoms with van der Waals surface area (Å²) in [5.41, 5.74) is 4.31. The zero-order chi connectivity index (χ0) is 17.6. The lowest BCUT2D eigenvalue weighted by atomic mass is 9.95. The molecule has 1 N–H and O–H groups in total. The number of nitrogens with one attached hydrogen (secondary N) is 1. The van der Waals surface area contributed by atoms with Crippen molar-refractivity contribution in [2.45, 2.75) is 13.0 Å². The minimum absolute atomic E-state index is 0.0568. The molecule has 2 aromatic carbocycles. The van der Waals surface area contributed by atoms with Gasteiger partial charge < -0.3 is 10.2 Å². The van der Waals surface area contributed by atoms with Gasteiger partial charge in [0.05, 0.1) is 23.9 Å². The molecule has 4 rings (SSSR count). The molecule has 0 aliphatic carbocycles. The fourth-order valence-electron chi connectivity index (χ4n) is 3.39. The summed E-state index contributed by atoms with van der Waals surface area (Å²) in [5.74, 6) is -0.0568. The number of anilines is 1. The van der Waals surface area contributed by atoms with Crippen LogP contribution in [0.25, 0.3) is 0 Å². The molecule has 2 aliphatic heterocycles. The van der Waals surface area contributed by atoms with Gasteiger partial charge in [-0.25, -0.2) is 4.79 Å². The third-order valence-corrected chi connectivity index (χ3v) is 4.84. The summed E-state index contributed by atoms with van der Waals surface area (Å²) >= 11 is 0. The van der Waals surface area contributed by atoms with Crippen molar-refractivity contribution in [3.05, 3.63) is 77.0 Å². The average Bonchev–Trinajstić information content (AvgIpc) is 2.97. The summed E-state index contributed by atoms with van der Waals surface area (Å²) in [6.07, 6.45) is 0. The zero-order valence-corrected chi connectivity index (χ0v) is 14.2. The SMILES string of the molecule is Cc1ccc([C@@H]2NC(=O)N(C)C3=C2C(=O)N(c2ccccc2)C3)cc1. The number of hydrogen-bond donors (Lipinski definition) is 1. The number of carbonyl (C=O) groups excluding carboxylic acids is 2. The lowest BCUT2D eigenvalue weighted by molar-refractivity contribution is -0.114. The topological polar surface area (TPSA) is 52.7 Å². The summed E-state index contributed by atoms with van der Waals surface area (Å²) in [6.45, 7) is 2.42. The van der Waals surface area contributed by atoms with E-state index in [0.29, 0.717) is 12.1 Å². The summed E-state index contributed by atoms with van der Waals surface area (Å²) in [5, 5.41) is 2.96. The molecule has 2 aromatic rings. The van der Waals surface area contributed by atoms with E-state index in [1.807, 2.05) is 61.5 Å². The zero-order valence-electron chi connectivity index (χ0n) is 14.2. The molecule has 0 fully saturated rings. The fourth-order valence-corrected chi connectivity index (χ4v) is 3.39. The average molecular weight is 333 g/mol. The number of aryl methyl sites for hydroxylation is 1. The molecular formula is C20H19N3O2. The Hall–Kier alpha value is -3.08. The Balaban J connectivity index is 1.77. The molecule has 0 radical (unpaired) electrons. The molecule has 2 aliphatic rings. The number of amides is 3. The molecule has 0 spiro atoms. The van der Waals surface area contributed by atoms with E-state index in [-0.39, 0.29) is 11.9 Å². The van der Waals surface area contributed by atoms with Crippen LogP contribution in [-0.2, 0) is 4.79 Å². The second kappa shape index (κ2) is 5.77. The summed E-state index contributed by atoms with van der Waals surface area (Å²) in [6, 6.07) is 16.9. The largest absolute Gasteiger partial charge is 0.327 e. The molecule has 0 unspecified atom stereocenters. The van der Waals surface area contributed by atoms with Gasteiger partial charge in [-0.2, -0.15) is 0 Å². The lowest BCUT2D eigenvalue weighted by Crippen LogP contribution is -2.45. The Morgan fingerprint density at radius 1 is 1.00 bits per heavy atom. The van der Waals surface area contributed by atoms with E-state index in [0.717, 1.165) is 22.5 Å². The Bertz CT molecular complexity index is 872. The Labute approximate surface area is 146 Å². The van der Waals surface area contributed by atoms with Crippen molar-refractivity contribution in [3.8, 4) is 0 Å². The highest BCUT2D eigenvalue weighted by Crippen LogP contribution is 2.37. The fraction of sp³-hybridized carbons (Fsp3) is 0.200. The second-order valence-electron chi connectivity index (χ2n) is 6.44. The first kappa shape index (κ1) is 15.4. The van der Waals surface area contributed by atoms with Crippen molar-refractivity contribution in [2.24, 2.45) is 0 Å². The molecule has 1 atom stereocenters. The van der Waals surface area contributed by atoms with Gasteiger partial charge in [0.15, 0.2) is 0 Å². The Morgan fingerprint density at radius 3 is 2.36 bits per heavy atom. The molecule has 5 nitrogen and oxygen atoms in total. The van der Waals surface area contributed by atoms with Crippen molar-refractivity contribution in [1.29, 1.82) is 0 Å². The summed E-state index contributed by atoms with van der Waals surface area (Å²) in [4.78, 5) is 28.8. The maximum Gasteiger partial charge on any atom is 0.322 e. The van der Waals surface area contributed by atoms with Gasteiger partial charge in [-0.05, 0) is 24.6 Å². The molecule has 3 amide bonds. The number of likely N-dealkylation sites (N-methyl/N-ethyl adjacent to an activating group) is 1. The first-order valence-electron chi connectivity index (χ1n) is 8.27. The van der Waals surface area contributed by atoms with E-state index < -0.39 is 6.04 Å². The van der Waals surface area contributed by atoms with Crippen LogP contribution in [0.15, 0.2) is 65.9 Å². The molecule has 0 saturated carbocycles. The number of hydrogen-bond acceptors (Lipinski definition) is 2. The number of carbonyl (C=O) groups is 2. The minimum atomic E-state index is -0.416. The molecule has 0 bridgehead atoms. The van der Waals surface area contributed by atoms with Crippen molar-refractivity contribution >= 4 is 17.6 Å². The van der Waals surface area contributed by atoms with Crippen LogP contribution >= 0.6 is 0 Å². The van der Waals surface area contributed by atoms with Gasteiger partial charge in [0.25, 0.3) is 5.91 Å². The van der Waals surface area contributed by atoms with Gasteiger partial charge in [-0.15, -0.1) is 0 Å². The number of para-hydroxylation sites is 1. The van der Waals surface area contributed by atoms with Crippen LogP contribution in [0.3, 0.4) is 0 Å². The molecule has 2 heterocycles. The first-order chi connectivity index (χ1) is 12.1. The highest BCUT2D eigenvalue weighted by atomic mass is 16.2. The van der Waals surface area contributed by atoms with Gasteiger partial charge >= 0.3 is 6.03 Å². The highest BCUT2D eigenvalue weighted by molar-refractivity contribution is 6.11. The molecule has 126 valence electrons. The van der Waals surface area contributed by atoms with E-state index in [4.69, 9.17) is 0 Å². The van der Waals surface area contributed by atoms with Crippen molar-refractivity contribution in [3.63, 3.8) is 0 Å². The van der Waals surface area contributed by atoms with E-state index in [2.05, 4.69) is 5.32 Å². The molecule has 25 heavy (non-hydrogen) atoms. The lowest BCUT2D eigenvalue weighted by Gasteiger charge is -2.31. The van der Waals surface area contributed by atoms with Gasteiger partial charge in [0.1, 0.15) is 0 Å². The quantitative estimate of drug-likeness (QED) is 0.918. The predicted molar refractivity (Wildman–Crippen MR) is 96.0 cm³/mol. The number of urea groups is 1. The summed E-state index contributed by atoms with van der Waals surface area (Å²) < 4.78 is 0. The van der Waals surface area contributed by atoms with E-state index >= 15 is 0 Å². The van der Waals surface area contributed by atoms with Crippen molar-refractivity contribution in [2.75, 3.05) is 18.5 Å². The first-order valence-corrected chi connectivity index (χ1v) is 8.27. The highest BCUT2D eigenvalue weighted by Gasteiger charge is 2.43. The number of rotatable bonds is 2. The second-order valence-corrected chi connectivity index (χ2v) is 6.44. The van der Waals surface area contributed by atoms with Crippen LogP contribution in [0.4, 0.5) is 10.5 Å². The van der Waals surface area contributed by atoms with Crippen LogP contribution in [0.2, 0.25) is 0 Å². The van der Waals surface area contributed by atoms with Crippen LogP contribution in [0.5, 0.6) is 0 Å².